The van der Waals surface area contributed by atoms with E-state index in [2.05, 4.69) is 10.9 Å². The van der Waals surface area contributed by atoms with Crippen molar-refractivity contribution < 1.29 is 0 Å². The third kappa shape index (κ3) is 2.27. The highest BCUT2D eigenvalue weighted by atomic mass is 14.6. The summed E-state index contributed by atoms with van der Waals surface area (Å²) in [5.74, 6) is 2.53. The number of hydrogen-bond acceptors (Lipinski definition) is 1. The Morgan fingerprint density at radius 3 is 3.00 bits per heavy atom. The molecule has 1 aromatic rings. The minimum atomic E-state index is 0.892. The number of rotatable bonds is 1. The first kappa shape index (κ1) is 7.56. The van der Waals surface area contributed by atoms with Crippen molar-refractivity contribution in [2.75, 3.05) is 0 Å². The molecule has 0 bridgehead atoms. The molecule has 0 aliphatic carbocycles. The van der Waals surface area contributed by atoms with E-state index in [4.69, 9.17) is 6.42 Å². The Balaban J connectivity index is 2.90. The van der Waals surface area contributed by atoms with Crippen molar-refractivity contribution in [2.45, 2.75) is 6.92 Å². The number of hydrogen-bond donors (Lipinski definition) is 0. The Bertz CT molecular complexity index is 290. The molecule has 1 rings (SSSR count). The molecule has 0 N–H and O–H groups in total. The number of aromatic nitrogens is 1. The second-order valence-corrected chi connectivity index (χ2v) is 2.23. The summed E-state index contributed by atoms with van der Waals surface area (Å²) in [4.78, 5) is 4.09. The summed E-state index contributed by atoms with van der Waals surface area (Å²) in [5, 5.41) is 0. The molecule has 0 aliphatic rings. The van der Waals surface area contributed by atoms with Gasteiger partial charge in [-0.1, -0.05) is 12.0 Å². The second-order valence-electron chi connectivity index (χ2n) is 2.23. The molecule has 0 saturated carbocycles. The zero-order valence-corrected chi connectivity index (χ0v) is 6.41. The molecule has 1 heterocycles. The molecule has 0 radical (unpaired) electrons. The molecule has 0 fully saturated rings. The van der Waals surface area contributed by atoms with Gasteiger partial charge in [0.25, 0.3) is 0 Å². The highest BCUT2D eigenvalue weighted by molar-refractivity contribution is 5.53. The maximum absolute atomic E-state index is 5.17. The van der Waals surface area contributed by atoms with E-state index in [9.17, 15) is 0 Å². The van der Waals surface area contributed by atoms with Crippen LogP contribution < -0.4 is 0 Å². The quantitative estimate of drug-likeness (QED) is 0.549. The van der Waals surface area contributed by atoms with E-state index in [1.807, 2.05) is 31.2 Å². The van der Waals surface area contributed by atoms with Gasteiger partial charge in [0.05, 0.1) is 5.69 Å². The highest BCUT2D eigenvalue weighted by Gasteiger charge is 1.85. The molecule has 11 heavy (non-hydrogen) atoms. The van der Waals surface area contributed by atoms with Crippen molar-refractivity contribution in [1.29, 1.82) is 0 Å². The monoisotopic (exact) mass is 143 g/mol. The molecule has 0 aliphatic heterocycles. The third-order valence-electron chi connectivity index (χ3n) is 1.28. The van der Waals surface area contributed by atoms with Crippen LogP contribution in [-0.2, 0) is 0 Å². The first-order valence-corrected chi connectivity index (χ1v) is 3.39. The normalized spacial score (nSPS) is 10.7. The van der Waals surface area contributed by atoms with Gasteiger partial charge in [0.2, 0.25) is 0 Å². The summed E-state index contributed by atoms with van der Waals surface area (Å²) in [5.41, 5.74) is 1.80. The number of pyridine rings is 1. The van der Waals surface area contributed by atoms with Crippen LogP contribution in [0.15, 0.2) is 30.0 Å². The SMILES string of the molecule is C#C/C(C)=C/c1ccccn1. The van der Waals surface area contributed by atoms with Crippen LogP contribution in [0.4, 0.5) is 0 Å². The average Bonchev–Trinajstić information content (AvgIpc) is 2.06. The van der Waals surface area contributed by atoms with Crippen LogP contribution in [0.2, 0.25) is 0 Å². The van der Waals surface area contributed by atoms with E-state index in [1.54, 1.807) is 6.20 Å². The zero-order chi connectivity index (χ0) is 8.10. The zero-order valence-electron chi connectivity index (χ0n) is 6.41. The largest absolute Gasteiger partial charge is 0.257 e. The highest BCUT2D eigenvalue weighted by Crippen LogP contribution is 2.00. The molecule has 1 heteroatoms. The first-order chi connectivity index (χ1) is 5.33. The van der Waals surface area contributed by atoms with Crippen molar-refractivity contribution in [1.82, 2.24) is 4.98 Å². The molecule has 1 nitrogen and oxygen atoms in total. The van der Waals surface area contributed by atoms with Gasteiger partial charge in [-0.15, -0.1) is 6.42 Å². The Hall–Kier alpha value is -1.55. The molecular formula is C10H9N. The summed E-state index contributed by atoms with van der Waals surface area (Å²) in [7, 11) is 0. The molecule has 0 aromatic carbocycles. The maximum atomic E-state index is 5.17. The van der Waals surface area contributed by atoms with Gasteiger partial charge in [-0.2, -0.15) is 0 Å². The molecule has 0 amide bonds. The third-order valence-corrected chi connectivity index (χ3v) is 1.28. The van der Waals surface area contributed by atoms with Gasteiger partial charge in [-0.3, -0.25) is 4.98 Å². The Kier molecular flexibility index (Phi) is 2.46. The van der Waals surface area contributed by atoms with Gasteiger partial charge < -0.3 is 0 Å². The standard InChI is InChI=1S/C10H9N/c1-3-9(2)8-10-6-4-5-7-11-10/h1,4-8H,2H3/b9-8+. The van der Waals surface area contributed by atoms with E-state index in [0.29, 0.717) is 0 Å². The van der Waals surface area contributed by atoms with Crippen molar-refractivity contribution in [2.24, 2.45) is 0 Å². The van der Waals surface area contributed by atoms with Gasteiger partial charge in [-0.25, -0.2) is 0 Å². The van der Waals surface area contributed by atoms with E-state index in [0.717, 1.165) is 11.3 Å². The summed E-state index contributed by atoms with van der Waals surface area (Å²) < 4.78 is 0. The topological polar surface area (TPSA) is 12.9 Å². The van der Waals surface area contributed by atoms with Crippen LogP contribution >= 0.6 is 0 Å². The van der Waals surface area contributed by atoms with E-state index in [1.165, 1.54) is 0 Å². The Labute approximate surface area is 66.8 Å². The van der Waals surface area contributed by atoms with Gasteiger partial charge in [0.1, 0.15) is 0 Å². The van der Waals surface area contributed by atoms with Crippen LogP contribution in [0.1, 0.15) is 12.6 Å². The summed E-state index contributed by atoms with van der Waals surface area (Å²) in [6, 6.07) is 5.73. The number of terminal acetylenes is 1. The van der Waals surface area contributed by atoms with Crippen LogP contribution in [0.25, 0.3) is 6.08 Å². The minimum Gasteiger partial charge on any atom is -0.257 e. The average molecular weight is 143 g/mol. The van der Waals surface area contributed by atoms with Crippen LogP contribution in [-0.4, -0.2) is 4.98 Å². The number of allylic oxidation sites excluding steroid dienone is 1. The van der Waals surface area contributed by atoms with E-state index >= 15 is 0 Å². The predicted octanol–water partition coefficient (Wildman–Crippen LogP) is 2.12. The molecule has 0 unspecified atom stereocenters. The fourth-order valence-electron chi connectivity index (χ4n) is 0.725. The summed E-state index contributed by atoms with van der Waals surface area (Å²) >= 11 is 0. The van der Waals surface area contributed by atoms with Gasteiger partial charge in [0.15, 0.2) is 0 Å². The lowest BCUT2D eigenvalue weighted by atomic mass is 10.2. The van der Waals surface area contributed by atoms with Crippen LogP contribution in [0.5, 0.6) is 0 Å². The molecule has 1 aromatic heterocycles. The lowest BCUT2D eigenvalue weighted by molar-refractivity contribution is 1.29. The maximum Gasteiger partial charge on any atom is 0.0638 e. The molecule has 0 spiro atoms. The number of nitrogens with zero attached hydrogens (tertiary/aromatic N) is 1. The molecular weight excluding hydrogens is 134 g/mol. The first-order valence-electron chi connectivity index (χ1n) is 3.39. The smallest absolute Gasteiger partial charge is 0.0638 e. The fourth-order valence-corrected chi connectivity index (χ4v) is 0.725. The van der Waals surface area contributed by atoms with Gasteiger partial charge in [0, 0.05) is 11.8 Å². The van der Waals surface area contributed by atoms with E-state index in [-0.39, 0.29) is 0 Å². The second kappa shape index (κ2) is 3.58. The molecule has 54 valence electrons. The predicted molar refractivity (Wildman–Crippen MR) is 46.7 cm³/mol. The van der Waals surface area contributed by atoms with Gasteiger partial charge >= 0.3 is 0 Å². The van der Waals surface area contributed by atoms with Crippen LogP contribution in [0, 0.1) is 12.3 Å². The lowest BCUT2D eigenvalue weighted by Crippen LogP contribution is -1.77. The van der Waals surface area contributed by atoms with Crippen LogP contribution in [0.3, 0.4) is 0 Å². The van der Waals surface area contributed by atoms with Crippen molar-refractivity contribution in [3.8, 4) is 12.3 Å². The Morgan fingerprint density at radius 2 is 2.45 bits per heavy atom. The summed E-state index contributed by atoms with van der Waals surface area (Å²) in [6.07, 6.45) is 8.79. The van der Waals surface area contributed by atoms with Crippen molar-refractivity contribution in [3.05, 3.63) is 35.7 Å². The van der Waals surface area contributed by atoms with Gasteiger partial charge in [-0.05, 0) is 25.1 Å². The Morgan fingerprint density at radius 1 is 1.64 bits per heavy atom. The fraction of sp³-hybridized carbons (Fsp3) is 0.100. The minimum absolute atomic E-state index is 0.892. The summed E-state index contributed by atoms with van der Waals surface area (Å²) in [6.45, 7) is 1.88. The lowest BCUT2D eigenvalue weighted by Gasteiger charge is -1.90. The molecule has 0 saturated heterocycles. The van der Waals surface area contributed by atoms with Crippen molar-refractivity contribution in [3.63, 3.8) is 0 Å². The molecule has 0 atom stereocenters. The van der Waals surface area contributed by atoms with E-state index < -0.39 is 0 Å². The van der Waals surface area contributed by atoms with Crippen molar-refractivity contribution >= 4 is 6.08 Å².